The molecule has 2 aromatic heterocycles. The van der Waals surface area contributed by atoms with E-state index < -0.39 is 10.0 Å². The minimum absolute atomic E-state index is 0.193. The normalized spacial score (nSPS) is 15.9. The molecular weight excluding hydrogens is 362 g/mol. The molecular formula is C16H15N3O4S2. The predicted octanol–water partition coefficient (Wildman–Crippen LogP) is 2.15. The van der Waals surface area contributed by atoms with Gasteiger partial charge in [0.1, 0.15) is 22.3 Å². The molecule has 0 bridgehead atoms. The first-order chi connectivity index (χ1) is 12.1. The zero-order valence-electron chi connectivity index (χ0n) is 13.3. The van der Waals surface area contributed by atoms with Gasteiger partial charge in [0.05, 0.1) is 24.9 Å². The van der Waals surface area contributed by atoms with E-state index in [4.69, 9.17) is 9.47 Å². The highest BCUT2D eigenvalue weighted by atomic mass is 32.2. The van der Waals surface area contributed by atoms with Crippen molar-refractivity contribution < 1.29 is 17.9 Å². The van der Waals surface area contributed by atoms with E-state index in [9.17, 15) is 8.42 Å². The summed E-state index contributed by atoms with van der Waals surface area (Å²) < 4.78 is 38.3. The van der Waals surface area contributed by atoms with E-state index in [0.717, 1.165) is 10.2 Å². The molecule has 0 spiro atoms. The summed E-state index contributed by atoms with van der Waals surface area (Å²) in [5.74, 6) is 0.693. The number of fused-ring (bicyclic) bond motifs is 1. The molecule has 3 heterocycles. The minimum atomic E-state index is -3.51. The number of ether oxygens (including phenoxy) is 2. The van der Waals surface area contributed by atoms with Crippen LogP contribution in [0.25, 0.3) is 10.2 Å². The Morgan fingerprint density at radius 2 is 2.08 bits per heavy atom. The van der Waals surface area contributed by atoms with Gasteiger partial charge in [0.15, 0.2) is 0 Å². The summed E-state index contributed by atoms with van der Waals surface area (Å²) in [6.07, 6.45) is 2.68. The van der Waals surface area contributed by atoms with E-state index in [0.29, 0.717) is 24.0 Å². The second kappa shape index (κ2) is 6.25. The second-order valence-corrected chi connectivity index (χ2v) is 8.47. The Balaban J connectivity index is 1.45. The molecule has 0 unspecified atom stereocenters. The van der Waals surface area contributed by atoms with Crippen LogP contribution in [0, 0.1) is 0 Å². The average molecular weight is 377 g/mol. The van der Waals surface area contributed by atoms with Gasteiger partial charge in [-0.2, -0.15) is 9.29 Å². The van der Waals surface area contributed by atoms with Gasteiger partial charge < -0.3 is 9.47 Å². The third-order valence-electron chi connectivity index (χ3n) is 3.94. The third kappa shape index (κ3) is 2.94. The van der Waals surface area contributed by atoms with Gasteiger partial charge in [0.25, 0.3) is 5.19 Å². The van der Waals surface area contributed by atoms with E-state index in [2.05, 4.69) is 9.97 Å². The molecule has 1 fully saturated rings. The highest BCUT2D eigenvalue weighted by Gasteiger charge is 2.38. The molecule has 1 aliphatic heterocycles. The lowest BCUT2D eigenvalue weighted by Gasteiger charge is -2.36. The predicted molar refractivity (Wildman–Crippen MR) is 93.6 cm³/mol. The number of hydrogen-bond donors (Lipinski definition) is 0. The Labute approximate surface area is 148 Å². The largest absolute Gasteiger partial charge is 0.494 e. The fourth-order valence-corrected chi connectivity index (χ4v) is 4.95. The number of benzene rings is 1. The highest BCUT2D eigenvalue weighted by Crippen LogP contribution is 2.35. The van der Waals surface area contributed by atoms with Gasteiger partial charge in [-0.3, -0.25) is 4.98 Å². The van der Waals surface area contributed by atoms with Crippen LogP contribution in [0.5, 0.6) is 10.9 Å². The van der Waals surface area contributed by atoms with Gasteiger partial charge >= 0.3 is 0 Å². The number of pyridine rings is 1. The number of thiazole rings is 1. The van der Waals surface area contributed by atoms with Crippen LogP contribution in [0.1, 0.15) is 0 Å². The number of methoxy groups -OCH3 is 1. The summed E-state index contributed by atoms with van der Waals surface area (Å²) in [6.45, 7) is 0.592. The summed E-state index contributed by atoms with van der Waals surface area (Å²) in [5, 5.41) is 0.517. The van der Waals surface area contributed by atoms with Crippen LogP contribution in [-0.2, 0) is 10.0 Å². The van der Waals surface area contributed by atoms with Crippen molar-refractivity contribution in [3.05, 3.63) is 42.7 Å². The fraction of sp³-hybridized carbons (Fsp3) is 0.250. The zero-order chi connectivity index (χ0) is 17.4. The number of para-hydroxylation sites is 1. The molecule has 25 heavy (non-hydrogen) atoms. The van der Waals surface area contributed by atoms with Crippen molar-refractivity contribution in [1.29, 1.82) is 0 Å². The molecule has 9 heteroatoms. The average Bonchev–Trinajstić information content (AvgIpc) is 3.01. The second-order valence-electron chi connectivity index (χ2n) is 5.54. The number of rotatable bonds is 5. The van der Waals surface area contributed by atoms with E-state index in [-0.39, 0.29) is 11.0 Å². The zero-order valence-corrected chi connectivity index (χ0v) is 15.0. The molecule has 0 amide bonds. The van der Waals surface area contributed by atoms with Crippen molar-refractivity contribution >= 4 is 31.6 Å². The smallest absolute Gasteiger partial charge is 0.274 e. The van der Waals surface area contributed by atoms with Crippen molar-refractivity contribution in [3.8, 4) is 10.9 Å². The van der Waals surface area contributed by atoms with Gasteiger partial charge in [-0.1, -0.05) is 17.4 Å². The van der Waals surface area contributed by atoms with Crippen molar-refractivity contribution in [3.63, 3.8) is 0 Å². The number of nitrogens with zero attached hydrogens (tertiary/aromatic N) is 3. The van der Waals surface area contributed by atoms with Gasteiger partial charge in [0, 0.05) is 12.4 Å². The van der Waals surface area contributed by atoms with E-state index in [1.54, 1.807) is 19.4 Å². The number of sulfonamides is 1. The molecule has 1 aliphatic rings. The van der Waals surface area contributed by atoms with Gasteiger partial charge in [-0.25, -0.2) is 8.42 Å². The van der Waals surface area contributed by atoms with E-state index in [1.807, 2.05) is 18.2 Å². The van der Waals surface area contributed by atoms with Crippen LogP contribution in [0.15, 0.2) is 47.6 Å². The Bertz CT molecular complexity index is 999. The molecule has 0 saturated carbocycles. The van der Waals surface area contributed by atoms with Gasteiger partial charge in [-0.05, 0) is 24.3 Å². The highest BCUT2D eigenvalue weighted by molar-refractivity contribution is 7.89. The molecule has 130 valence electrons. The molecule has 0 radical (unpaired) electrons. The summed E-state index contributed by atoms with van der Waals surface area (Å²) in [6, 6.07) is 8.83. The Kier molecular flexibility index (Phi) is 4.06. The minimum Gasteiger partial charge on any atom is -0.494 e. The van der Waals surface area contributed by atoms with Gasteiger partial charge in [0.2, 0.25) is 10.0 Å². The van der Waals surface area contributed by atoms with Crippen LogP contribution in [0.3, 0.4) is 0 Å². The monoisotopic (exact) mass is 377 g/mol. The maximum absolute atomic E-state index is 12.4. The molecule has 3 aromatic rings. The Hall–Kier alpha value is -2.23. The summed E-state index contributed by atoms with van der Waals surface area (Å²) in [5.41, 5.74) is 0.754. The van der Waals surface area contributed by atoms with Crippen LogP contribution < -0.4 is 9.47 Å². The van der Waals surface area contributed by atoms with Crippen molar-refractivity contribution in [2.45, 2.75) is 11.0 Å². The first-order valence-electron chi connectivity index (χ1n) is 7.58. The molecule has 0 aliphatic carbocycles. The van der Waals surface area contributed by atoms with Crippen LogP contribution >= 0.6 is 11.3 Å². The molecule has 7 nitrogen and oxygen atoms in total. The quantitative estimate of drug-likeness (QED) is 0.678. The maximum atomic E-state index is 12.4. The van der Waals surface area contributed by atoms with Crippen LogP contribution in [0.2, 0.25) is 0 Å². The lowest BCUT2D eigenvalue weighted by molar-refractivity contribution is 0.0761. The summed E-state index contributed by atoms with van der Waals surface area (Å²) >= 11 is 1.42. The van der Waals surface area contributed by atoms with E-state index in [1.165, 1.54) is 27.9 Å². The molecule has 1 aromatic carbocycles. The molecule has 4 rings (SSSR count). The lowest BCUT2D eigenvalue weighted by atomic mass is 10.2. The maximum Gasteiger partial charge on any atom is 0.274 e. The first-order valence-corrected chi connectivity index (χ1v) is 9.84. The summed E-state index contributed by atoms with van der Waals surface area (Å²) in [7, 11) is -1.91. The Morgan fingerprint density at radius 3 is 2.80 bits per heavy atom. The molecule has 0 atom stereocenters. The fourth-order valence-electron chi connectivity index (χ4n) is 2.58. The SMILES string of the molecule is COc1cccc2sc(OC3CN(S(=O)(=O)c4cccnc4)C3)nc12. The third-order valence-corrected chi connectivity index (χ3v) is 6.66. The number of aromatic nitrogens is 2. The van der Waals surface area contributed by atoms with Crippen molar-refractivity contribution in [1.82, 2.24) is 14.3 Å². The standard InChI is InChI=1S/C16H15N3O4S2/c1-22-13-5-2-6-14-15(13)18-16(24-14)23-11-9-19(10-11)25(20,21)12-4-3-7-17-8-12/h2-8,11H,9-10H2,1H3. The Morgan fingerprint density at radius 1 is 1.24 bits per heavy atom. The van der Waals surface area contributed by atoms with Gasteiger partial charge in [-0.15, -0.1) is 0 Å². The lowest BCUT2D eigenvalue weighted by Crippen LogP contribution is -2.55. The van der Waals surface area contributed by atoms with Crippen LogP contribution in [-0.4, -0.2) is 49.0 Å². The molecule has 0 N–H and O–H groups in total. The molecule has 1 saturated heterocycles. The van der Waals surface area contributed by atoms with E-state index >= 15 is 0 Å². The van der Waals surface area contributed by atoms with Crippen LogP contribution in [0.4, 0.5) is 0 Å². The topological polar surface area (TPSA) is 81.6 Å². The first kappa shape index (κ1) is 16.2. The number of hydrogen-bond acceptors (Lipinski definition) is 7. The van der Waals surface area contributed by atoms with Crippen molar-refractivity contribution in [2.75, 3.05) is 20.2 Å². The summed E-state index contributed by atoms with van der Waals surface area (Å²) in [4.78, 5) is 8.50. The van der Waals surface area contributed by atoms with Crippen molar-refractivity contribution in [2.24, 2.45) is 0 Å².